The molecule has 5 rings (SSSR count). The Balaban J connectivity index is 1.40. The van der Waals surface area contributed by atoms with E-state index in [0.717, 1.165) is 28.8 Å². The number of thiophene rings is 1. The number of hydrogen-bond acceptors (Lipinski definition) is 7. The average molecular weight is 492 g/mol. The van der Waals surface area contributed by atoms with E-state index in [-0.39, 0.29) is 36.6 Å². The summed E-state index contributed by atoms with van der Waals surface area (Å²) in [5.41, 5.74) is 1.94. The van der Waals surface area contributed by atoms with Gasteiger partial charge in [-0.25, -0.2) is 0 Å². The third-order valence-electron chi connectivity index (χ3n) is 6.41. The normalized spacial score (nSPS) is 20.3. The van der Waals surface area contributed by atoms with Crippen molar-refractivity contribution >= 4 is 28.9 Å². The van der Waals surface area contributed by atoms with Crippen molar-refractivity contribution in [3.8, 4) is 16.2 Å². The van der Waals surface area contributed by atoms with Gasteiger partial charge < -0.3 is 20.1 Å². The molecular weight excluding hydrogens is 466 g/mol. The van der Waals surface area contributed by atoms with Crippen LogP contribution in [0.5, 0.6) is 5.75 Å². The Morgan fingerprint density at radius 2 is 2.06 bits per heavy atom. The van der Waals surface area contributed by atoms with Crippen molar-refractivity contribution in [2.24, 2.45) is 0 Å². The number of nitrogens with one attached hydrogen (secondary N) is 1. The van der Waals surface area contributed by atoms with Gasteiger partial charge in [-0.15, -0.1) is 11.3 Å². The molecule has 2 N–H and O–H groups in total. The first-order valence-corrected chi connectivity index (χ1v) is 12.4. The maximum Gasteiger partial charge on any atom is 0.253 e. The van der Waals surface area contributed by atoms with Gasteiger partial charge in [-0.1, -0.05) is 18.2 Å². The molecule has 8 nitrogen and oxygen atoms in total. The number of phenols is 1. The molecule has 3 aromatic rings. The number of fused-ring (bicyclic) bond motifs is 1. The van der Waals surface area contributed by atoms with Crippen LogP contribution in [-0.4, -0.2) is 63.9 Å². The van der Waals surface area contributed by atoms with Crippen molar-refractivity contribution in [3.63, 3.8) is 0 Å². The number of Topliss-reactive ketones (excluding diaryl/α,β-unsaturated/α-hetero) is 1. The molecule has 2 aliphatic heterocycles. The zero-order chi connectivity index (χ0) is 24.4. The predicted octanol–water partition coefficient (Wildman–Crippen LogP) is 2.82. The summed E-state index contributed by atoms with van der Waals surface area (Å²) < 4.78 is 5.59. The largest absolute Gasteiger partial charge is 0.508 e. The molecule has 9 heteroatoms. The van der Waals surface area contributed by atoms with Gasteiger partial charge in [0.1, 0.15) is 24.4 Å². The standard InChI is InChI=1S/C26H25N3O5S/c30-19-7-5-16(6-8-19)11-20(26(33)29-9-1-3-22-24(29)21(31)15-34-22)28-25(32)18-12-17(13-27-14-18)23-4-2-10-35-23/h2,4-8,10,12-14,20,22,24,30H,1,3,9,11,15H2,(H,28,32)/t20-,22+,24+/m0/s1. The first-order valence-electron chi connectivity index (χ1n) is 11.5. The minimum atomic E-state index is -0.899. The summed E-state index contributed by atoms with van der Waals surface area (Å²) >= 11 is 1.55. The summed E-state index contributed by atoms with van der Waals surface area (Å²) in [6.45, 7) is 0.446. The number of carbonyl (C=O) groups is 3. The molecule has 2 aliphatic rings. The Bertz CT molecular complexity index is 1230. The highest BCUT2D eigenvalue weighted by Gasteiger charge is 2.45. The number of amides is 2. The lowest BCUT2D eigenvalue weighted by atomic mass is 9.95. The minimum absolute atomic E-state index is 0.00921. The smallest absolute Gasteiger partial charge is 0.253 e. The Kier molecular flexibility index (Phi) is 6.61. The van der Waals surface area contributed by atoms with Gasteiger partial charge >= 0.3 is 0 Å². The molecule has 2 saturated heterocycles. The van der Waals surface area contributed by atoms with E-state index in [9.17, 15) is 19.5 Å². The molecule has 35 heavy (non-hydrogen) atoms. The van der Waals surface area contributed by atoms with Gasteiger partial charge in [0.05, 0.1) is 11.7 Å². The molecular formula is C26H25N3O5S. The third kappa shape index (κ3) is 4.96. The number of rotatable bonds is 6. The second-order valence-corrected chi connectivity index (χ2v) is 9.72. The van der Waals surface area contributed by atoms with Crippen LogP contribution in [0.15, 0.2) is 60.2 Å². The van der Waals surface area contributed by atoms with E-state index in [0.29, 0.717) is 12.1 Å². The quantitative estimate of drug-likeness (QED) is 0.549. The van der Waals surface area contributed by atoms with Crippen LogP contribution in [0.1, 0.15) is 28.8 Å². The second-order valence-electron chi connectivity index (χ2n) is 8.77. The van der Waals surface area contributed by atoms with Crippen molar-refractivity contribution in [3.05, 3.63) is 71.4 Å². The molecule has 0 saturated carbocycles. The number of aromatic nitrogens is 1. The van der Waals surface area contributed by atoms with Gasteiger partial charge in [-0.2, -0.15) is 0 Å². The average Bonchev–Trinajstić information content (AvgIpc) is 3.55. The van der Waals surface area contributed by atoms with Gasteiger partial charge in [0.2, 0.25) is 5.91 Å². The topological polar surface area (TPSA) is 109 Å². The monoisotopic (exact) mass is 491 g/mol. The number of hydrogen-bond donors (Lipinski definition) is 2. The molecule has 0 aliphatic carbocycles. The molecule has 3 atom stereocenters. The van der Waals surface area contributed by atoms with Crippen LogP contribution >= 0.6 is 11.3 Å². The molecule has 0 spiro atoms. The van der Waals surface area contributed by atoms with E-state index in [1.54, 1.807) is 52.8 Å². The van der Waals surface area contributed by atoms with Crippen LogP contribution in [0.4, 0.5) is 0 Å². The van der Waals surface area contributed by atoms with Crippen LogP contribution in [-0.2, 0) is 20.7 Å². The van der Waals surface area contributed by atoms with Gasteiger partial charge in [-0.05, 0) is 48.1 Å². The number of aromatic hydroxyl groups is 1. The number of ether oxygens (including phenoxy) is 1. The van der Waals surface area contributed by atoms with Crippen molar-refractivity contribution < 1.29 is 24.2 Å². The summed E-state index contributed by atoms with van der Waals surface area (Å²) in [5, 5.41) is 14.5. The van der Waals surface area contributed by atoms with Crippen molar-refractivity contribution in [2.75, 3.05) is 13.2 Å². The summed E-state index contributed by atoms with van der Waals surface area (Å²) in [4.78, 5) is 46.2. The Morgan fingerprint density at radius 1 is 1.23 bits per heavy atom. The van der Waals surface area contributed by atoms with Crippen molar-refractivity contribution in [1.82, 2.24) is 15.2 Å². The van der Waals surface area contributed by atoms with Crippen LogP contribution in [0.3, 0.4) is 0 Å². The second kappa shape index (κ2) is 9.97. The first kappa shape index (κ1) is 23.2. The van der Waals surface area contributed by atoms with Gasteiger partial charge in [0.25, 0.3) is 5.91 Å². The molecule has 2 aromatic heterocycles. The van der Waals surface area contributed by atoms with Crippen LogP contribution in [0, 0.1) is 0 Å². The highest BCUT2D eigenvalue weighted by molar-refractivity contribution is 7.13. The fourth-order valence-electron chi connectivity index (χ4n) is 4.69. The Labute approximate surface area is 206 Å². The molecule has 1 aromatic carbocycles. The van der Waals surface area contributed by atoms with E-state index >= 15 is 0 Å². The summed E-state index contributed by atoms with van der Waals surface area (Å²) in [5.74, 6) is -0.728. The fraction of sp³-hybridized carbons (Fsp3) is 0.308. The Hall–Kier alpha value is -3.56. The predicted molar refractivity (Wildman–Crippen MR) is 130 cm³/mol. The highest BCUT2D eigenvalue weighted by atomic mass is 32.1. The highest BCUT2D eigenvalue weighted by Crippen LogP contribution is 2.28. The lowest BCUT2D eigenvalue weighted by Crippen LogP contribution is -2.58. The maximum absolute atomic E-state index is 13.7. The summed E-state index contributed by atoms with van der Waals surface area (Å²) in [6, 6.07) is 10.6. The molecule has 2 fully saturated rings. The summed E-state index contributed by atoms with van der Waals surface area (Å²) in [7, 11) is 0. The lowest BCUT2D eigenvalue weighted by molar-refractivity contribution is -0.142. The van der Waals surface area contributed by atoms with Gasteiger partial charge in [0, 0.05) is 35.8 Å². The Morgan fingerprint density at radius 3 is 2.83 bits per heavy atom. The first-order chi connectivity index (χ1) is 17.0. The molecule has 2 amide bonds. The summed E-state index contributed by atoms with van der Waals surface area (Å²) in [6.07, 6.45) is 4.55. The van der Waals surface area contributed by atoms with E-state index in [4.69, 9.17) is 4.74 Å². The van der Waals surface area contributed by atoms with E-state index in [1.807, 2.05) is 17.5 Å². The lowest BCUT2D eigenvalue weighted by Gasteiger charge is -2.37. The molecule has 0 unspecified atom stereocenters. The number of nitrogens with zero attached hydrogens (tertiary/aromatic N) is 2. The number of phenolic OH excluding ortho intramolecular Hbond substituents is 1. The number of ketones is 1. The zero-order valence-electron chi connectivity index (χ0n) is 18.9. The van der Waals surface area contributed by atoms with Gasteiger partial charge in [0.15, 0.2) is 5.78 Å². The minimum Gasteiger partial charge on any atom is -0.508 e. The molecule has 4 heterocycles. The fourth-order valence-corrected chi connectivity index (χ4v) is 5.40. The molecule has 0 radical (unpaired) electrons. The molecule has 0 bridgehead atoms. The number of piperidine rings is 1. The zero-order valence-corrected chi connectivity index (χ0v) is 19.7. The maximum atomic E-state index is 13.7. The number of benzene rings is 1. The van der Waals surface area contributed by atoms with Crippen LogP contribution in [0.25, 0.3) is 10.4 Å². The van der Waals surface area contributed by atoms with Crippen LogP contribution in [0.2, 0.25) is 0 Å². The van der Waals surface area contributed by atoms with Crippen LogP contribution < -0.4 is 5.32 Å². The van der Waals surface area contributed by atoms with Crippen molar-refractivity contribution in [2.45, 2.75) is 37.5 Å². The van der Waals surface area contributed by atoms with E-state index in [1.165, 1.54) is 6.20 Å². The number of carbonyl (C=O) groups excluding carboxylic acids is 3. The van der Waals surface area contributed by atoms with Gasteiger partial charge in [-0.3, -0.25) is 19.4 Å². The SMILES string of the molecule is O=C(N[C@@H](Cc1ccc(O)cc1)C(=O)N1CCC[C@H]2OCC(=O)[C@H]21)c1cncc(-c2cccs2)c1. The van der Waals surface area contributed by atoms with E-state index < -0.39 is 18.0 Å². The molecule has 180 valence electrons. The number of pyridine rings is 1. The van der Waals surface area contributed by atoms with E-state index in [2.05, 4.69) is 10.3 Å². The number of likely N-dealkylation sites (tertiary alicyclic amines) is 1. The van der Waals surface area contributed by atoms with Crippen molar-refractivity contribution in [1.29, 1.82) is 0 Å². The third-order valence-corrected chi connectivity index (χ3v) is 7.33.